The number of aromatic amines is 1. The van der Waals surface area contributed by atoms with Crippen LogP contribution in [0.4, 0.5) is 0 Å². The van der Waals surface area contributed by atoms with E-state index >= 15 is 0 Å². The van der Waals surface area contributed by atoms with Crippen LogP contribution in [0.2, 0.25) is 5.02 Å². The summed E-state index contributed by atoms with van der Waals surface area (Å²) in [5.74, 6) is 0.542. The van der Waals surface area contributed by atoms with Crippen LogP contribution >= 0.6 is 11.6 Å². The van der Waals surface area contributed by atoms with Crippen LogP contribution in [0, 0.1) is 5.92 Å². The van der Waals surface area contributed by atoms with E-state index in [9.17, 15) is 9.59 Å². The molecule has 2 saturated heterocycles. The van der Waals surface area contributed by atoms with E-state index in [0.29, 0.717) is 17.7 Å². The summed E-state index contributed by atoms with van der Waals surface area (Å²) in [4.78, 5) is 28.5. The van der Waals surface area contributed by atoms with E-state index < -0.39 is 0 Å². The molecule has 6 nitrogen and oxygen atoms in total. The minimum atomic E-state index is -0.385. The first-order valence-electron chi connectivity index (χ1n) is 8.15. The number of hydrogen-bond donors (Lipinski definition) is 2. The molecular formula is C16H20ClN3O3. The third-order valence-electron chi connectivity index (χ3n) is 5.05. The molecule has 0 bridgehead atoms. The second-order valence-electron chi connectivity index (χ2n) is 6.79. The number of amides is 1. The van der Waals surface area contributed by atoms with E-state index in [-0.39, 0.29) is 22.5 Å². The van der Waals surface area contributed by atoms with Gasteiger partial charge in [0.2, 0.25) is 0 Å². The van der Waals surface area contributed by atoms with Gasteiger partial charge >= 0.3 is 0 Å². The molecule has 1 aromatic heterocycles. The molecule has 0 unspecified atom stereocenters. The van der Waals surface area contributed by atoms with Gasteiger partial charge in [0.25, 0.3) is 11.5 Å². The van der Waals surface area contributed by atoms with Gasteiger partial charge in [0.1, 0.15) is 5.02 Å². The molecule has 2 N–H and O–H groups in total. The smallest absolute Gasteiger partial charge is 0.266 e. The van der Waals surface area contributed by atoms with E-state index in [1.807, 2.05) is 0 Å². The molecule has 1 aliphatic carbocycles. The first-order valence-corrected chi connectivity index (χ1v) is 8.52. The molecule has 124 valence electrons. The van der Waals surface area contributed by atoms with Crippen molar-refractivity contribution in [2.24, 2.45) is 5.92 Å². The molecule has 2 aliphatic heterocycles. The fraction of sp³-hybridized carbons (Fsp3) is 0.625. The Bertz CT molecular complexity index is 673. The lowest BCUT2D eigenvalue weighted by Crippen LogP contribution is -2.47. The van der Waals surface area contributed by atoms with Gasteiger partial charge in [-0.3, -0.25) is 14.5 Å². The van der Waals surface area contributed by atoms with Gasteiger partial charge in [0.15, 0.2) is 0 Å². The summed E-state index contributed by atoms with van der Waals surface area (Å²) in [5.41, 5.74) is -0.00365. The number of H-pyrrole nitrogens is 1. The molecule has 7 heteroatoms. The van der Waals surface area contributed by atoms with Gasteiger partial charge in [-0.05, 0) is 31.2 Å². The van der Waals surface area contributed by atoms with Crippen molar-refractivity contribution < 1.29 is 9.53 Å². The summed E-state index contributed by atoms with van der Waals surface area (Å²) in [6, 6.07) is 1.92. The third kappa shape index (κ3) is 3.16. The molecule has 1 saturated carbocycles. The van der Waals surface area contributed by atoms with E-state index in [1.54, 1.807) is 0 Å². The molecule has 1 amide bonds. The Morgan fingerprint density at radius 3 is 2.96 bits per heavy atom. The van der Waals surface area contributed by atoms with Gasteiger partial charge in [-0.2, -0.15) is 0 Å². The van der Waals surface area contributed by atoms with Crippen LogP contribution in [0.1, 0.15) is 29.6 Å². The summed E-state index contributed by atoms with van der Waals surface area (Å²) in [6.45, 7) is 2.60. The number of nitrogens with one attached hydrogen (secondary N) is 2. The molecule has 1 aromatic rings. The summed E-state index contributed by atoms with van der Waals surface area (Å²) in [6.07, 6.45) is 5.25. The van der Waals surface area contributed by atoms with Crippen LogP contribution in [0.3, 0.4) is 0 Å². The largest absolute Gasteiger partial charge is 0.375 e. The van der Waals surface area contributed by atoms with Crippen molar-refractivity contribution in [3.05, 3.63) is 33.2 Å². The fourth-order valence-corrected chi connectivity index (χ4v) is 3.79. The van der Waals surface area contributed by atoms with Crippen molar-refractivity contribution in [1.29, 1.82) is 0 Å². The van der Waals surface area contributed by atoms with Crippen molar-refractivity contribution in [2.45, 2.75) is 37.5 Å². The Morgan fingerprint density at radius 1 is 1.39 bits per heavy atom. The van der Waals surface area contributed by atoms with Gasteiger partial charge in [-0.15, -0.1) is 0 Å². The average molecular weight is 338 g/mol. The lowest BCUT2D eigenvalue weighted by atomic mass is 10.1. The topological polar surface area (TPSA) is 74.4 Å². The molecule has 0 radical (unpaired) electrons. The van der Waals surface area contributed by atoms with Crippen molar-refractivity contribution in [3.63, 3.8) is 0 Å². The van der Waals surface area contributed by atoms with Crippen molar-refractivity contribution in [3.8, 4) is 0 Å². The zero-order valence-corrected chi connectivity index (χ0v) is 13.5. The average Bonchev–Trinajstić information content (AvgIpc) is 3.30. The maximum absolute atomic E-state index is 12.3. The Balaban J connectivity index is 1.37. The zero-order chi connectivity index (χ0) is 16.0. The highest BCUT2D eigenvalue weighted by Gasteiger charge is 2.42. The number of aromatic nitrogens is 1. The molecule has 3 fully saturated rings. The van der Waals surface area contributed by atoms with Gasteiger partial charge < -0.3 is 15.0 Å². The van der Waals surface area contributed by atoms with Crippen LogP contribution in [0.25, 0.3) is 0 Å². The molecule has 0 spiro atoms. The van der Waals surface area contributed by atoms with E-state index in [0.717, 1.165) is 32.0 Å². The highest BCUT2D eigenvalue weighted by Crippen LogP contribution is 2.37. The van der Waals surface area contributed by atoms with Gasteiger partial charge in [0, 0.05) is 31.4 Å². The number of hydrogen-bond acceptors (Lipinski definition) is 4. The van der Waals surface area contributed by atoms with Gasteiger partial charge in [-0.25, -0.2) is 0 Å². The second kappa shape index (κ2) is 5.92. The normalized spacial score (nSPS) is 30.9. The zero-order valence-electron chi connectivity index (χ0n) is 12.8. The van der Waals surface area contributed by atoms with E-state index in [1.165, 1.54) is 25.1 Å². The Labute approximate surface area is 139 Å². The first kappa shape index (κ1) is 15.2. The SMILES string of the molecule is O=C(N[C@@H]1C[C@H]2CO[C@@H](C3CC3)CN2C1)c1c[nH]c(=O)c(Cl)c1. The van der Waals surface area contributed by atoms with Gasteiger partial charge in [-0.1, -0.05) is 11.6 Å². The summed E-state index contributed by atoms with van der Waals surface area (Å²) in [7, 11) is 0. The van der Waals surface area contributed by atoms with Crippen molar-refractivity contribution >= 4 is 17.5 Å². The predicted octanol–water partition coefficient (Wildman–Crippen LogP) is 1.01. The third-order valence-corrected chi connectivity index (χ3v) is 5.33. The quantitative estimate of drug-likeness (QED) is 0.863. The van der Waals surface area contributed by atoms with Crippen LogP contribution in [-0.4, -0.2) is 53.7 Å². The summed E-state index contributed by atoms with van der Waals surface area (Å²) in [5, 5.41) is 3.07. The highest BCUT2D eigenvalue weighted by atomic mass is 35.5. The number of ether oxygens (including phenoxy) is 1. The van der Waals surface area contributed by atoms with Crippen LogP contribution < -0.4 is 10.9 Å². The number of nitrogens with zero attached hydrogens (tertiary/aromatic N) is 1. The van der Waals surface area contributed by atoms with Crippen molar-refractivity contribution in [1.82, 2.24) is 15.2 Å². The van der Waals surface area contributed by atoms with Crippen LogP contribution in [-0.2, 0) is 4.74 Å². The monoisotopic (exact) mass is 337 g/mol. The maximum atomic E-state index is 12.3. The minimum absolute atomic E-state index is 0.0298. The minimum Gasteiger partial charge on any atom is -0.375 e. The number of rotatable bonds is 3. The standard InChI is InChI=1S/C16H20ClN3O3/c17-13-3-10(5-18-16(13)22)15(21)19-11-4-12-8-23-14(9-1-2-9)7-20(12)6-11/h3,5,9,11-12,14H,1-2,4,6-8H2,(H,18,22)(H,19,21)/t11-,12+,14-/m1/s1. The highest BCUT2D eigenvalue weighted by molar-refractivity contribution is 6.30. The number of halogens is 1. The number of carbonyl (C=O) groups is 1. The number of fused-ring (bicyclic) bond motifs is 1. The van der Waals surface area contributed by atoms with Crippen LogP contribution in [0.15, 0.2) is 17.1 Å². The van der Waals surface area contributed by atoms with E-state index in [2.05, 4.69) is 15.2 Å². The molecule has 4 rings (SSSR count). The lowest BCUT2D eigenvalue weighted by molar-refractivity contribution is -0.0581. The Kier molecular flexibility index (Phi) is 3.91. The molecule has 3 atom stereocenters. The van der Waals surface area contributed by atoms with Crippen LogP contribution in [0.5, 0.6) is 0 Å². The Hall–Kier alpha value is -1.37. The lowest BCUT2D eigenvalue weighted by Gasteiger charge is -2.35. The molecule has 0 aromatic carbocycles. The molecule has 3 heterocycles. The maximum Gasteiger partial charge on any atom is 0.266 e. The molecule has 3 aliphatic rings. The number of morpholine rings is 1. The number of carbonyl (C=O) groups excluding carboxylic acids is 1. The predicted molar refractivity (Wildman–Crippen MR) is 85.8 cm³/mol. The molecular weight excluding hydrogens is 318 g/mol. The molecule has 23 heavy (non-hydrogen) atoms. The van der Waals surface area contributed by atoms with Gasteiger partial charge in [0.05, 0.1) is 18.3 Å². The van der Waals surface area contributed by atoms with Crippen molar-refractivity contribution in [2.75, 3.05) is 19.7 Å². The summed E-state index contributed by atoms with van der Waals surface area (Å²) < 4.78 is 5.97. The first-order chi connectivity index (χ1) is 11.1. The summed E-state index contributed by atoms with van der Waals surface area (Å²) >= 11 is 5.78. The fourth-order valence-electron chi connectivity index (χ4n) is 3.61. The number of pyridine rings is 1. The second-order valence-corrected chi connectivity index (χ2v) is 7.20. The van der Waals surface area contributed by atoms with E-state index in [4.69, 9.17) is 16.3 Å². The Morgan fingerprint density at radius 2 is 2.22 bits per heavy atom.